The maximum absolute atomic E-state index is 12.7. The molecule has 4 heterocycles. The largest absolute Gasteiger partial charge is 0.508 e. The molecular formula is C41H46N8O8. The minimum atomic E-state index is -0.650. The second-order valence-electron chi connectivity index (χ2n) is 13.7. The molecule has 2 aromatic carbocycles. The quantitative estimate of drug-likeness (QED) is 0.0489. The summed E-state index contributed by atoms with van der Waals surface area (Å²) in [5.74, 6) is 0.561. The number of benzene rings is 2. The Balaban J connectivity index is 0.717. The average molecular weight is 779 g/mol. The normalized spacial score (nSPS) is 14.4. The van der Waals surface area contributed by atoms with Gasteiger partial charge in [0.25, 0.3) is 5.91 Å². The van der Waals surface area contributed by atoms with Crippen LogP contribution in [0.1, 0.15) is 65.6 Å². The first-order valence-electron chi connectivity index (χ1n) is 19.2. The van der Waals surface area contributed by atoms with Gasteiger partial charge in [-0.1, -0.05) is 11.3 Å². The van der Waals surface area contributed by atoms with Crippen molar-refractivity contribution >= 4 is 16.9 Å². The van der Waals surface area contributed by atoms with Gasteiger partial charge in [0.1, 0.15) is 35.6 Å². The number of nitrogens with one attached hydrogen (secondary N) is 2. The summed E-state index contributed by atoms with van der Waals surface area (Å²) in [5.41, 5.74) is 4.14. The number of pyridine rings is 1. The zero-order chi connectivity index (χ0) is 39.4. The summed E-state index contributed by atoms with van der Waals surface area (Å²) in [6, 6.07) is 19.2. The maximum atomic E-state index is 12.7. The Morgan fingerprint density at radius 1 is 1.00 bits per heavy atom. The van der Waals surface area contributed by atoms with Gasteiger partial charge in [0, 0.05) is 35.5 Å². The molecule has 2 unspecified atom stereocenters. The zero-order valence-corrected chi connectivity index (χ0v) is 31.5. The maximum Gasteiger partial charge on any atom is 0.362 e. The van der Waals surface area contributed by atoms with Crippen molar-refractivity contribution in [1.82, 2.24) is 40.4 Å². The highest BCUT2D eigenvalue weighted by atomic mass is 16.5. The van der Waals surface area contributed by atoms with Gasteiger partial charge >= 0.3 is 5.63 Å². The number of rotatable bonds is 20. The molecule has 0 saturated heterocycles. The monoisotopic (exact) mass is 778 g/mol. The van der Waals surface area contributed by atoms with Crippen molar-refractivity contribution in [3.05, 3.63) is 118 Å². The Hall–Kier alpha value is -5.94. The first kappa shape index (κ1) is 39.3. The third-order valence-corrected chi connectivity index (χ3v) is 9.61. The van der Waals surface area contributed by atoms with E-state index < -0.39 is 11.9 Å². The Bertz CT molecular complexity index is 2270. The molecule has 4 N–H and O–H groups in total. The van der Waals surface area contributed by atoms with E-state index in [9.17, 15) is 19.8 Å². The van der Waals surface area contributed by atoms with Gasteiger partial charge in [0.2, 0.25) is 0 Å². The molecule has 0 radical (unpaired) electrons. The van der Waals surface area contributed by atoms with E-state index in [1.165, 1.54) is 16.8 Å². The molecule has 16 nitrogen and oxygen atoms in total. The molecule has 0 bridgehead atoms. The molecule has 0 fully saturated rings. The van der Waals surface area contributed by atoms with Crippen LogP contribution in [-0.4, -0.2) is 91.7 Å². The molecule has 16 heteroatoms. The number of phenols is 1. The van der Waals surface area contributed by atoms with Crippen molar-refractivity contribution in [3.63, 3.8) is 0 Å². The number of aliphatic hydroxyl groups is 1. The van der Waals surface area contributed by atoms with Gasteiger partial charge in [-0.05, 0) is 99.5 Å². The molecule has 4 aromatic heterocycles. The number of nitrogens with zero attached hydrogens (tertiary/aromatic N) is 6. The van der Waals surface area contributed by atoms with Crippen molar-refractivity contribution < 1.29 is 33.6 Å². The summed E-state index contributed by atoms with van der Waals surface area (Å²) in [5, 5.41) is 39.6. The van der Waals surface area contributed by atoms with Crippen LogP contribution in [0.2, 0.25) is 0 Å². The van der Waals surface area contributed by atoms with Gasteiger partial charge < -0.3 is 34.2 Å². The minimum absolute atomic E-state index is 0.0175. The molecule has 298 valence electrons. The molecule has 1 aliphatic carbocycles. The highest BCUT2D eigenvalue weighted by Gasteiger charge is 2.26. The van der Waals surface area contributed by atoms with E-state index in [0.29, 0.717) is 69.1 Å². The third kappa shape index (κ3) is 10.5. The number of carbonyl (C=O) groups is 1. The molecule has 1 amide bonds. The fraction of sp³-hybridized carbons (Fsp3) is 0.366. The van der Waals surface area contributed by atoms with Crippen LogP contribution in [0.3, 0.4) is 0 Å². The van der Waals surface area contributed by atoms with Crippen LogP contribution in [0.25, 0.3) is 22.3 Å². The predicted molar refractivity (Wildman–Crippen MR) is 209 cm³/mol. The van der Waals surface area contributed by atoms with Gasteiger partial charge in [0.15, 0.2) is 5.69 Å². The second kappa shape index (κ2) is 19.3. The lowest BCUT2D eigenvalue weighted by Gasteiger charge is -2.24. The number of ether oxygens (including phenoxy) is 3. The van der Waals surface area contributed by atoms with Gasteiger partial charge in [-0.2, -0.15) is 5.10 Å². The van der Waals surface area contributed by atoms with Crippen molar-refractivity contribution in [2.45, 2.75) is 57.2 Å². The van der Waals surface area contributed by atoms with Crippen molar-refractivity contribution in [2.75, 3.05) is 39.6 Å². The number of amides is 1. The van der Waals surface area contributed by atoms with Crippen LogP contribution >= 0.6 is 0 Å². The Labute approximate surface area is 328 Å². The van der Waals surface area contributed by atoms with E-state index in [4.69, 9.17) is 18.6 Å². The van der Waals surface area contributed by atoms with Gasteiger partial charge in [-0.25, -0.2) is 14.2 Å². The first-order chi connectivity index (χ1) is 27.9. The lowest BCUT2D eigenvalue weighted by Crippen LogP contribution is -2.31. The van der Waals surface area contributed by atoms with E-state index in [0.717, 1.165) is 60.5 Å². The molecule has 0 aliphatic heterocycles. The summed E-state index contributed by atoms with van der Waals surface area (Å²) >= 11 is 0. The highest BCUT2D eigenvalue weighted by molar-refractivity contribution is 5.92. The van der Waals surface area contributed by atoms with Crippen LogP contribution < -0.4 is 21.0 Å². The number of aryl methyl sites for hydroxylation is 1. The smallest absolute Gasteiger partial charge is 0.362 e. The molecule has 2 atom stereocenters. The number of phenolic OH excluding ortho intramolecular Hbond substituents is 1. The molecule has 1 aliphatic rings. The first-order valence-corrected chi connectivity index (χ1v) is 19.2. The number of aromatic nitrogens is 6. The number of carbonyl (C=O) groups excluding carboxylic acids is 1. The zero-order valence-electron chi connectivity index (χ0n) is 31.5. The van der Waals surface area contributed by atoms with Gasteiger partial charge in [-0.15, -0.1) is 5.10 Å². The third-order valence-electron chi connectivity index (χ3n) is 9.61. The number of hydrogen-bond acceptors (Lipinski definition) is 13. The molecule has 7 rings (SSSR count). The van der Waals surface area contributed by atoms with Crippen molar-refractivity contribution in [2.24, 2.45) is 0 Å². The predicted octanol–water partition coefficient (Wildman–Crippen LogP) is 4.20. The lowest BCUT2D eigenvalue weighted by molar-refractivity contribution is 0.0323. The topological polar surface area (TPSA) is 201 Å². The highest BCUT2D eigenvalue weighted by Crippen LogP contribution is 2.31. The Morgan fingerprint density at radius 3 is 2.68 bits per heavy atom. The van der Waals surface area contributed by atoms with E-state index >= 15 is 0 Å². The number of hydrogen-bond donors (Lipinski definition) is 4. The van der Waals surface area contributed by atoms with E-state index in [-0.39, 0.29) is 23.4 Å². The lowest BCUT2D eigenvalue weighted by atomic mass is 9.92. The molecule has 57 heavy (non-hydrogen) atoms. The summed E-state index contributed by atoms with van der Waals surface area (Å²) in [4.78, 5) is 29.3. The summed E-state index contributed by atoms with van der Waals surface area (Å²) < 4.78 is 25.8. The SMILES string of the molecule is O=C(NC1CCCc2c1cnn2-c1ccc(OCCOCCOCCNC(O)CCCCc2cn(-c3cc4ccc(O)cc4oc3=O)nn2)cc1)c1ccccn1. The number of fused-ring (bicyclic) bond motifs is 2. The van der Waals surface area contributed by atoms with Crippen LogP contribution in [0.5, 0.6) is 11.5 Å². The van der Waals surface area contributed by atoms with Crippen LogP contribution in [0.4, 0.5) is 0 Å². The van der Waals surface area contributed by atoms with E-state index in [1.807, 2.05) is 35.1 Å². The molecule has 0 spiro atoms. The van der Waals surface area contributed by atoms with Crippen LogP contribution in [0.15, 0.2) is 94.5 Å². The number of aliphatic hydroxyl groups excluding tert-OH is 1. The molecule has 0 saturated carbocycles. The van der Waals surface area contributed by atoms with E-state index in [1.54, 1.807) is 42.7 Å². The summed E-state index contributed by atoms with van der Waals surface area (Å²) in [6.07, 6.45) is 9.96. The fourth-order valence-electron chi connectivity index (χ4n) is 6.71. The summed E-state index contributed by atoms with van der Waals surface area (Å²) in [6.45, 7) is 2.62. The van der Waals surface area contributed by atoms with Crippen molar-refractivity contribution in [3.8, 4) is 22.9 Å². The Kier molecular flexibility index (Phi) is 13.3. The summed E-state index contributed by atoms with van der Waals surface area (Å²) in [7, 11) is 0. The minimum Gasteiger partial charge on any atom is -0.508 e. The van der Waals surface area contributed by atoms with Gasteiger partial charge in [0.05, 0.1) is 56.2 Å². The van der Waals surface area contributed by atoms with Crippen molar-refractivity contribution in [1.29, 1.82) is 0 Å². The van der Waals surface area contributed by atoms with Crippen LogP contribution in [-0.2, 0) is 22.3 Å². The van der Waals surface area contributed by atoms with E-state index in [2.05, 4.69) is 31.0 Å². The number of aromatic hydroxyl groups is 1. The standard InChI is InChI=1S/C41H46N8O8/c50-31-14-11-28-24-37(41(53)57-38(28)25-31)48-27-29(46-47-48)6-1-2-10-39(51)43-18-19-54-20-21-55-22-23-56-32-15-12-30(13-16-32)49-36-9-5-8-34(33(36)26-44-49)45-40(52)35-7-3-4-17-42-35/h3-4,7,11-17,24-27,34,39,43,50-51H,1-2,5-6,8-10,18-23H2,(H,45,52). The molecular weight excluding hydrogens is 732 g/mol. The van der Waals surface area contributed by atoms with Crippen LogP contribution in [0, 0.1) is 0 Å². The fourth-order valence-corrected chi connectivity index (χ4v) is 6.71. The second-order valence-corrected chi connectivity index (χ2v) is 13.7. The average Bonchev–Trinajstić information content (AvgIpc) is 3.89. The number of unbranched alkanes of at least 4 members (excludes halogenated alkanes) is 1. The molecule has 6 aromatic rings. The Morgan fingerprint density at radius 2 is 1.84 bits per heavy atom. The van der Waals surface area contributed by atoms with Gasteiger partial charge in [-0.3, -0.25) is 15.1 Å².